The van der Waals surface area contributed by atoms with Crippen LogP contribution in [-0.4, -0.2) is 24.6 Å². The lowest BCUT2D eigenvalue weighted by molar-refractivity contribution is -0.422. The number of rotatable bonds is 5. The van der Waals surface area contributed by atoms with Gasteiger partial charge in [-0.25, -0.2) is 4.79 Å². The van der Waals surface area contributed by atoms with Gasteiger partial charge in [-0.1, -0.05) is 12.1 Å². The number of hydrogen-bond donors (Lipinski definition) is 0. The summed E-state index contributed by atoms with van der Waals surface area (Å²) in [5.74, 6) is 0.0273. The molecule has 0 aliphatic heterocycles. The number of carbonyl (C=O) groups excluding carboxylic acids is 1. The van der Waals surface area contributed by atoms with Gasteiger partial charge in [-0.2, -0.15) is 0 Å². The summed E-state index contributed by atoms with van der Waals surface area (Å²) in [5, 5.41) is 10.4. The van der Waals surface area contributed by atoms with Crippen LogP contribution in [0.15, 0.2) is 30.0 Å². The molecule has 0 aliphatic carbocycles. The van der Waals surface area contributed by atoms with Crippen LogP contribution in [0.25, 0.3) is 6.08 Å². The summed E-state index contributed by atoms with van der Waals surface area (Å²) in [7, 11) is 1.28. The van der Waals surface area contributed by atoms with Gasteiger partial charge < -0.3 is 9.47 Å². The van der Waals surface area contributed by atoms with Crippen molar-refractivity contribution in [3.63, 3.8) is 0 Å². The molecule has 6 nitrogen and oxygen atoms in total. The Bertz CT molecular complexity index is 464. The van der Waals surface area contributed by atoms with Crippen molar-refractivity contribution >= 4 is 12.0 Å². The van der Waals surface area contributed by atoms with E-state index in [-0.39, 0.29) is 12.3 Å². The highest BCUT2D eigenvalue weighted by molar-refractivity contribution is 5.70. The van der Waals surface area contributed by atoms with Crippen LogP contribution in [-0.2, 0) is 9.53 Å². The topological polar surface area (TPSA) is 78.7 Å². The number of allylic oxidation sites excluding steroid dienone is 1. The maximum atomic E-state index is 10.8. The number of ether oxygens (including phenoxy) is 2. The normalized spacial score (nSPS) is 10.9. The first-order valence-electron chi connectivity index (χ1n) is 5.15. The molecule has 0 fully saturated rings. The lowest BCUT2D eigenvalue weighted by Gasteiger charge is -2.04. The first-order valence-corrected chi connectivity index (χ1v) is 5.15. The zero-order valence-corrected chi connectivity index (χ0v) is 10.1. The van der Waals surface area contributed by atoms with Gasteiger partial charge in [-0.05, 0) is 17.7 Å². The van der Waals surface area contributed by atoms with Crippen molar-refractivity contribution in [1.82, 2.24) is 0 Å². The van der Waals surface area contributed by atoms with Gasteiger partial charge in [-0.15, -0.1) is 0 Å². The van der Waals surface area contributed by atoms with Crippen molar-refractivity contribution in [2.24, 2.45) is 0 Å². The Kier molecular flexibility index (Phi) is 4.86. The summed E-state index contributed by atoms with van der Waals surface area (Å²) < 4.78 is 9.56. The SMILES string of the molecule is COC(=O)COc1ccc(/C=C(/C)[N+](=O)[O-])cc1. The van der Waals surface area contributed by atoms with E-state index >= 15 is 0 Å². The average Bonchev–Trinajstić information content (AvgIpc) is 2.37. The lowest BCUT2D eigenvalue weighted by atomic mass is 10.2. The minimum Gasteiger partial charge on any atom is -0.482 e. The molecule has 0 aromatic heterocycles. The second kappa shape index (κ2) is 6.39. The van der Waals surface area contributed by atoms with E-state index in [1.54, 1.807) is 24.3 Å². The molecule has 0 saturated heterocycles. The number of nitrogens with zero attached hydrogens (tertiary/aromatic N) is 1. The molecule has 96 valence electrons. The molecule has 1 aromatic rings. The van der Waals surface area contributed by atoms with Crippen LogP contribution in [0.1, 0.15) is 12.5 Å². The summed E-state index contributed by atoms with van der Waals surface area (Å²) in [6.45, 7) is 1.25. The van der Waals surface area contributed by atoms with Crippen molar-refractivity contribution < 1.29 is 19.2 Å². The fourth-order valence-corrected chi connectivity index (χ4v) is 1.16. The first-order chi connectivity index (χ1) is 8.52. The summed E-state index contributed by atoms with van der Waals surface area (Å²) in [5.41, 5.74) is 0.743. The van der Waals surface area contributed by atoms with E-state index in [4.69, 9.17) is 4.74 Å². The van der Waals surface area contributed by atoms with Crippen LogP contribution in [0.4, 0.5) is 0 Å². The fraction of sp³-hybridized carbons (Fsp3) is 0.250. The quantitative estimate of drug-likeness (QED) is 0.453. The number of benzene rings is 1. The maximum absolute atomic E-state index is 10.8. The second-order valence-corrected chi connectivity index (χ2v) is 3.48. The predicted octanol–water partition coefficient (Wildman–Crippen LogP) is 1.88. The molecule has 0 aliphatic rings. The summed E-state index contributed by atoms with van der Waals surface area (Å²) in [6, 6.07) is 6.59. The van der Waals surface area contributed by atoms with Crippen LogP contribution in [0, 0.1) is 10.1 Å². The van der Waals surface area contributed by atoms with Crippen LogP contribution in [0.5, 0.6) is 5.75 Å². The molecule has 0 spiro atoms. The highest BCUT2D eigenvalue weighted by Gasteiger charge is 2.03. The maximum Gasteiger partial charge on any atom is 0.343 e. The van der Waals surface area contributed by atoms with Crippen LogP contribution in [0.3, 0.4) is 0 Å². The van der Waals surface area contributed by atoms with Gasteiger partial charge >= 0.3 is 5.97 Å². The smallest absolute Gasteiger partial charge is 0.343 e. The molecule has 0 radical (unpaired) electrons. The van der Waals surface area contributed by atoms with E-state index < -0.39 is 10.9 Å². The summed E-state index contributed by atoms with van der Waals surface area (Å²) in [4.78, 5) is 20.8. The van der Waals surface area contributed by atoms with E-state index in [9.17, 15) is 14.9 Å². The van der Waals surface area contributed by atoms with E-state index in [2.05, 4.69) is 4.74 Å². The number of methoxy groups -OCH3 is 1. The molecule has 6 heteroatoms. The minimum absolute atomic E-state index is 0.0539. The number of carbonyl (C=O) groups is 1. The monoisotopic (exact) mass is 251 g/mol. The highest BCUT2D eigenvalue weighted by Crippen LogP contribution is 2.14. The van der Waals surface area contributed by atoms with E-state index in [0.717, 1.165) is 0 Å². The molecule has 0 saturated carbocycles. The number of nitro groups is 1. The van der Waals surface area contributed by atoms with Gasteiger partial charge in [0.25, 0.3) is 0 Å². The fourth-order valence-electron chi connectivity index (χ4n) is 1.16. The zero-order chi connectivity index (χ0) is 13.5. The van der Waals surface area contributed by atoms with Crippen LogP contribution < -0.4 is 4.74 Å². The van der Waals surface area contributed by atoms with Crippen molar-refractivity contribution in [3.05, 3.63) is 45.6 Å². The lowest BCUT2D eigenvalue weighted by Crippen LogP contribution is -2.12. The molecule has 18 heavy (non-hydrogen) atoms. The number of hydrogen-bond acceptors (Lipinski definition) is 5. The molecule has 0 heterocycles. The Morgan fingerprint density at radius 2 is 2.00 bits per heavy atom. The Balaban J connectivity index is 2.66. The number of esters is 1. The van der Waals surface area contributed by atoms with Crippen LogP contribution >= 0.6 is 0 Å². The van der Waals surface area contributed by atoms with Crippen molar-refractivity contribution in [2.45, 2.75) is 6.92 Å². The van der Waals surface area contributed by atoms with E-state index in [1.807, 2.05) is 0 Å². The molecular weight excluding hydrogens is 238 g/mol. The zero-order valence-electron chi connectivity index (χ0n) is 10.1. The van der Waals surface area contributed by atoms with Gasteiger partial charge in [0.2, 0.25) is 5.70 Å². The third kappa shape index (κ3) is 4.25. The summed E-state index contributed by atoms with van der Waals surface area (Å²) in [6.07, 6.45) is 1.45. The van der Waals surface area contributed by atoms with E-state index in [0.29, 0.717) is 11.3 Å². The van der Waals surface area contributed by atoms with Gasteiger partial charge in [0.1, 0.15) is 5.75 Å². The molecule has 0 atom stereocenters. The molecule has 1 rings (SSSR count). The Morgan fingerprint density at radius 3 is 2.50 bits per heavy atom. The Hall–Kier alpha value is -2.37. The third-order valence-corrected chi connectivity index (χ3v) is 2.13. The minimum atomic E-state index is -0.469. The molecule has 0 bridgehead atoms. The molecule has 0 N–H and O–H groups in total. The predicted molar refractivity (Wildman–Crippen MR) is 64.6 cm³/mol. The molecule has 0 amide bonds. The summed E-state index contributed by atoms with van der Waals surface area (Å²) >= 11 is 0. The highest BCUT2D eigenvalue weighted by atomic mass is 16.6. The van der Waals surface area contributed by atoms with Gasteiger partial charge in [0.05, 0.1) is 12.0 Å². The first kappa shape index (κ1) is 13.7. The van der Waals surface area contributed by atoms with Gasteiger partial charge in [0.15, 0.2) is 6.61 Å². The molecule has 0 unspecified atom stereocenters. The van der Waals surface area contributed by atoms with Crippen molar-refractivity contribution in [2.75, 3.05) is 13.7 Å². The van der Waals surface area contributed by atoms with Crippen LogP contribution in [0.2, 0.25) is 0 Å². The molecular formula is C12H13NO5. The third-order valence-electron chi connectivity index (χ3n) is 2.13. The largest absolute Gasteiger partial charge is 0.482 e. The van der Waals surface area contributed by atoms with E-state index in [1.165, 1.54) is 20.1 Å². The van der Waals surface area contributed by atoms with Crippen molar-refractivity contribution in [1.29, 1.82) is 0 Å². The Morgan fingerprint density at radius 1 is 1.39 bits per heavy atom. The standard InChI is InChI=1S/C12H13NO5/c1-9(13(15)16)7-10-3-5-11(6-4-10)18-8-12(14)17-2/h3-7H,8H2,1-2H3/b9-7-. The van der Waals surface area contributed by atoms with Gasteiger partial charge in [-0.3, -0.25) is 10.1 Å². The second-order valence-electron chi connectivity index (χ2n) is 3.48. The molecule has 1 aromatic carbocycles. The Labute approximate surface area is 104 Å². The van der Waals surface area contributed by atoms with Crippen molar-refractivity contribution in [3.8, 4) is 5.75 Å². The van der Waals surface area contributed by atoms with Gasteiger partial charge in [0, 0.05) is 13.0 Å². The average molecular weight is 251 g/mol.